The molecule has 7 heteroatoms. The summed E-state index contributed by atoms with van der Waals surface area (Å²) in [6.07, 6.45) is 0. The van der Waals surface area contributed by atoms with Crippen LogP contribution in [0.15, 0.2) is 59.4 Å². The highest BCUT2D eigenvalue weighted by atomic mass is 16.2. The molecule has 1 N–H and O–H groups in total. The first-order chi connectivity index (χ1) is 14.5. The quantitative estimate of drug-likeness (QED) is 0.558. The molecule has 0 saturated carbocycles. The molecule has 0 aliphatic carbocycles. The Morgan fingerprint density at radius 1 is 0.967 bits per heavy atom. The molecule has 2 aromatic carbocycles. The summed E-state index contributed by atoms with van der Waals surface area (Å²) in [4.78, 5) is 25.4. The highest BCUT2D eigenvalue weighted by molar-refractivity contribution is 5.83. The molecule has 0 aliphatic heterocycles. The van der Waals surface area contributed by atoms with Crippen molar-refractivity contribution in [3.63, 3.8) is 0 Å². The number of aryl methyl sites for hydroxylation is 3. The van der Waals surface area contributed by atoms with Crippen LogP contribution in [0.1, 0.15) is 22.5 Å². The van der Waals surface area contributed by atoms with Crippen LogP contribution in [-0.4, -0.2) is 25.5 Å². The molecule has 0 saturated heterocycles. The zero-order valence-corrected chi connectivity index (χ0v) is 17.2. The van der Waals surface area contributed by atoms with E-state index in [9.17, 15) is 9.59 Å². The van der Waals surface area contributed by atoms with Crippen molar-refractivity contribution < 1.29 is 4.79 Å². The normalized spacial score (nSPS) is 11.0. The topological polar surface area (TPSA) is 81.8 Å². The van der Waals surface area contributed by atoms with Gasteiger partial charge < -0.3 is 5.32 Å². The Morgan fingerprint density at radius 2 is 1.67 bits per heavy atom. The lowest BCUT2D eigenvalue weighted by molar-refractivity contribution is -0.122. The molecule has 0 aliphatic rings. The molecule has 4 rings (SSSR count). The van der Waals surface area contributed by atoms with Crippen LogP contribution >= 0.6 is 0 Å². The second-order valence-electron chi connectivity index (χ2n) is 7.31. The molecule has 0 atom stereocenters. The maximum absolute atomic E-state index is 13.0. The summed E-state index contributed by atoms with van der Waals surface area (Å²) in [5.41, 5.74) is 4.45. The molecule has 0 fully saturated rings. The summed E-state index contributed by atoms with van der Waals surface area (Å²) >= 11 is 0. The number of amides is 1. The number of carbonyl (C=O) groups is 1. The zero-order valence-electron chi connectivity index (χ0n) is 17.2. The molecular formula is C23H23N5O2. The Bertz CT molecular complexity index is 1290. The van der Waals surface area contributed by atoms with Crippen molar-refractivity contribution in [3.8, 4) is 5.69 Å². The molecular weight excluding hydrogens is 378 g/mol. The fourth-order valence-electron chi connectivity index (χ4n) is 3.61. The van der Waals surface area contributed by atoms with Crippen LogP contribution in [0.25, 0.3) is 16.6 Å². The van der Waals surface area contributed by atoms with Gasteiger partial charge in [-0.05, 0) is 44.0 Å². The Morgan fingerprint density at radius 3 is 2.40 bits per heavy atom. The van der Waals surface area contributed by atoms with Crippen LogP contribution in [0.2, 0.25) is 0 Å². The minimum Gasteiger partial charge on any atom is -0.350 e. The minimum absolute atomic E-state index is 0.154. The summed E-state index contributed by atoms with van der Waals surface area (Å²) < 4.78 is 2.93. The molecule has 2 aromatic heterocycles. The molecule has 0 spiro atoms. The SMILES string of the molecule is Cc1ccccc1CNC(=O)Cn1nc(C)c2c(C)n(-c3ccccc3)nc2c1=O. The molecule has 0 radical (unpaired) electrons. The van der Waals surface area contributed by atoms with Crippen molar-refractivity contribution in [2.24, 2.45) is 0 Å². The summed E-state index contributed by atoms with van der Waals surface area (Å²) in [5.74, 6) is -0.272. The van der Waals surface area contributed by atoms with E-state index in [4.69, 9.17) is 0 Å². The van der Waals surface area contributed by atoms with Gasteiger partial charge in [0.1, 0.15) is 6.54 Å². The van der Waals surface area contributed by atoms with Gasteiger partial charge in [-0.25, -0.2) is 9.36 Å². The molecule has 7 nitrogen and oxygen atoms in total. The van der Waals surface area contributed by atoms with E-state index in [-0.39, 0.29) is 18.0 Å². The summed E-state index contributed by atoms with van der Waals surface area (Å²) in [6.45, 7) is 5.99. The van der Waals surface area contributed by atoms with Crippen LogP contribution in [0.5, 0.6) is 0 Å². The lowest BCUT2D eigenvalue weighted by Crippen LogP contribution is -2.34. The first kappa shape index (κ1) is 19.6. The van der Waals surface area contributed by atoms with Gasteiger partial charge in [-0.3, -0.25) is 9.59 Å². The number of nitrogens with one attached hydrogen (secondary N) is 1. The van der Waals surface area contributed by atoms with Gasteiger partial charge in [0.25, 0.3) is 5.56 Å². The summed E-state index contributed by atoms with van der Waals surface area (Å²) in [5, 5.41) is 12.5. The molecule has 4 aromatic rings. The monoisotopic (exact) mass is 401 g/mol. The second-order valence-corrected chi connectivity index (χ2v) is 7.31. The number of nitrogens with zero attached hydrogens (tertiary/aromatic N) is 4. The number of rotatable bonds is 5. The van der Waals surface area contributed by atoms with E-state index >= 15 is 0 Å². The van der Waals surface area contributed by atoms with Crippen LogP contribution < -0.4 is 10.9 Å². The van der Waals surface area contributed by atoms with E-state index in [0.717, 1.165) is 27.9 Å². The smallest absolute Gasteiger partial charge is 0.295 e. The van der Waals surface area contributed by atoms with Crippen molar-refractivity contribution in [1.82, 2.24) is 24.9 Å². The van der Waals surface area contributed by atoms with Gasteiger partial charge in [0.2, 0.25) is 5.91 Å². The van der Waals surface area contributed by atoms with Crippen LogP contribution in [0, 0.1) is 20.8 Å². The number of para-hydroxylation sites is 1. The van der Waals surface area contributed by atoms with Gasteiger partial charge in [-0.15, -0.1) is 0 Å². The maximum atomic E-state index is 13.0. The molecule has 152 valence electrons. The van der Waals surface area contributed by atoms with Gasteiger partial charge in [0.05, 0.1) is 22.5 Å². The number of aromatic nitrogens is 4. The number of hydrogen-bond donors (Lipinski definition) is 1. The van der Waals surface area contributed by atoms with E-state index in [1.54, 1.807) is 4.68 Å². The third kappa shape index (κ3) is 3.61. The number of hydrogen-bond acceptors (Lipinski definition) is 4. The second kappa shape index (κ2) is 7.94. The van der Waals surface area contributed by atoms with Crippen LogP contribution in [0.4, 0.5) is 0 Å². The first-order valence-corrected chi connectivity index (χ1v) is 9.79. The van der Waals surface area contributed by atoms with Crippen LogP contribution in [-0.2, 0) is 17.9 Å². The van der Waals surface area contributed by atoms with Crippen molar-refractivity contribution in [2.75, 3.05) is 0 Å². The van der Waals surface area contributed by atoms with E-state index in [0.29, 0.717) is 17.8 Å². The van der Waals surface area contributed by atoms with E-state index < -0.39 is 0 Å². The average Bonchev–Trinajstić information content (AvgIpc) is 3.10. The summed E-state index contributed by atoms with van der Waals surface area (Å²) in [7, 11) is 0. The first-order valence-electron chi connectivity index (χ1n) is 9.79. The highest BCUT2D eigenvalue weighted by Crippen LogP contribution is 2.20. The number of benzene rings is 2. The lowest BCUT2D eigenvalue weighted by Gasteiger charge is -2.09. The fraction of sp³-hybridized carbons (Fsp3) is 0.217. The predicted molar refractivity (Wildman–Crippen MR) is 116 cm³/mol. The number of carbonyl (C=O) groups excluding carboxylic acids is 1. The van der Waals surface area contributed by atoms with Crippen LogP contribution in [0.3, 0.4) is 0 Å². The molecule has 1 amide bonds. The van der Waals surface area contributed by atoms with Gasteiger partial charge in [0.15, 0.2) is 5.52 Å². The van der Waals surface area contributed by atoms with E-state index in [1.165, 1.54) is 4.68 Å². The van der Waals surface area contributed by atoms with Crippen molar-refractivity contribution in [1.29, 1.82) is 0 Å². The highest BCUT2D eigenvalue weighted by Gasteiger charge is 2.18. The van der Waals surface area contributed by atoms with Gasteiger partial charge in [0, 0.05) is 6.54 Å². The van der Waals surface area contributed by atoms with Gasteiger partial charge in [-0.1, -0.05) is 42.5 Å². The van der Waals surface area contributed by atoms with Crippen molar-refractivity contribution >= 4 is 16.8 Å². The zero-order chi connectivity index (χ0) is 21.3. The standard InChI is InChI=1S/C23H23N5O2/c1-15-9-7-8-10-18(15)13-24-20(29)14-27-23(30)22-21(16(2)25-27)17(3)28(26-22)19-11-5-4-6-12-19/h4-12H,13-14H2,1-3H3,(H,24,29). The van der Waals surface area contributed by atoms with Gasteiger partial charge in [-0.2, -0.15) is 10.2 Å². The Hall–Kier alpha value is -3.74. The predicted octanol–water partition coefficient (Wildman–Crippen LogP) is 2.82. The van der Waals surface area contributed by atoms with E-state index in [2.05, 4.69) is 15.5 Å². The van der Waals surface area contributed by atoms with Crippen molar-refractivity contribution in [3.05, 3.63) is 87.5 Å². The van der Waals surface area contributed by atoms with E-state index in [1.807, 2.05) is 75.4 Å². The Kier molecular flexibility index (Phi) is 5.18. The lowest BCUT2D eigenvalue weighted by atomic mass is 10.1. The molecule has 2 heterocycles. The molecule has 0 bridgehead atoms. The summed E-state index contributed by atoms with van der Waals surface area (Å²) in [6, 6.07) is 17.5. The Labute approximate surface area is 174 Å². The molecule has 0 unspecified atom stereocenters. The largest absolute Gasteiger partial charge is 0.350 e. The maximum Gasteiger partial charge on any atom is 0.295 e. The van der Waals surface area contributed by atoms with Crippen molar-refractivity contribution in [2.45, 2.75) is 33.9 Å². The fourth-order valence-corrected chi connectivity index (χ4v) is 3.61. The average molecular weight is 401 g/mol. The Balaban J connectivity index is 1.62. The minimum atomic E-state index is -0.376. The third-order valence-electron chi connectivity index (χ3n) is 5.22. The van der Waals surface area contributed by atoms with Gasteiger partial charge >= 0.3 is 0 Å². The third-order valence-corrected chi connectivity index (χ3v) is 5.22. The molecule has 30 heavy (non-hydrogen) atoms. The number of fused-ring (bicyclic) bond motifs is 1.